The normalized spacial score (nSPS) is 18.7. The minimum absolute atomic E-state index is 0.0655. The summed E-state index contributed by atoms with van der Waals surface area (Å²) in [5.41, 5.74) is 9.96. The highest BCUT2D eigenvalue weighted by Gasteiger charge is 2.36. The third-order valence-corrected chi connectivity index (χ3v) is 10.1. The maximum atomic E-state index is 11.6. The fourth-order valence-corrected chi connectivity index (χ4v) is 6.27. The molecule has 4 aromatic rings. The van der Waals surface area contributed by atoms with Gasteiger partial charge in [0.25, 0.3) is 0 Å². The Morgan fingerprint density at radius 3 is 2.25 bits per heavy atom. The van der Waals surface area contributed by atoms with Gasteiger partial charge >= 0.3 is 5.97 Å². The van der Waals surface area contributed by atoms with E-state index < -0.39 is 0 Å². The van der Waals surface area contributed by atoms with E-state index in [0.717, 1.165) is 23.5 Å². The largest absolute Gasteiger partial charge is 0.466 e. The molecule has 1 fully saturated rings. The van der Waals surface area contributed by atoms with Crippen molar-refractivity contribution < 1.29 is 9.53 Å². The van der Waals surface area contributed by atoms with Gasteiger partial charge in [0.05, 0.1) is 42.9 Å². The second-order valence-corrected chi connectivity index (χ2v) is 14.1. The predicted molar refractivity (Wildman–Crippen MR) is 194 cm³/mol. The summed E-state index contributed by atoms with van der Waals surface area (Å²) in [6, 6.07) is 25.2. The SMILES string of the molecule is BC(B)(B)C(B)(B)n1cc(-c2ccc3c(c2)C[C@@H](C)N(c2ccc(C4CC4)cc2)C3c2ccc(/C=C/C(=O)OC)cc2)cn1. The van der Waals surface area contributed by atoms with Crippen LogP contribution >= 0.6 is 0 Å². The number of anilines is 1. The van der Waals surface area contributed by atoms with Crippen molar-refractivity contribution >= 4 is 57.0 Å². The fraction of sp³-hybridized carbons (Fsp3) is 0.294. The molecule has 0 radical (unpaired) electrons. The van der Waals surface area contributed by atoms with Crippen LogP contribution in [0.5, 0.6) is 0 Å². The van der Waals surface area contributed by atoms with Crippen molar-refractivity contribution in [2.75, 3.05) is 12.0 Å². The molecule has 0 bridgehead atoms. The Bertz CT molecular complexity index is 1690. The van der Waals surface area contributed by atoms with Crippen LogP contribution < -0.4 is 4.90 Å². The second kappa shape index (κ2) is 11.6. The number of benzene rings is 3. The second-order valence-electron chi connectivity index (χ2n) is 14.1. The Hall–Kier alpha value is -3.80. The molecule has 0 N–H and O–H groups in total. The van der Waals surface area contributed by atoms with Gasteiger partial charge in [-0.25, -0.2) is 4.79 Å². The lowest BCUT2D eigenvalue weighted by Crippen LogP contribution is -2.48. The van der Waals surface area contributed by atoms with E-state index in [2.05, 4.69) is 129 Å². The van der Waals surface area contributed by atoms with Crippen molar-refractivity contribution in [3.8, 4) is 11.1 Å². The zero-order valence-corrected chi connectivity index (χ0v) is 27.2. The minimum Gasteiger partial charge on any atom is -0.466 e. The quantitative estimate of drug-likeness (QED) is 0.183. The topological polar surface area (TPSA) is 47.4 Å². The number of carbonyl (C=O) groups excluding carboxylic acids is 1. The third-order valence-electron chi connectivity index (χ3n) is 10.1. The summed E-state index contributed by atoms with van der Waals surface area (Å²) >= 11 is 0. The summed E-state index contributed by atoms with van der Waals surface area (Å²) in [4.78, 5) is 14.2. The Kier molecular flexibility index (Phi) is 7.98. The highest BCUT2D eigenvalue weighted by molar-refractivity contribution is 6.66. The maximum Gasteiger partial charge on any atom is 0.330 e. The van der Waals surface area contributed by atoms with Gasteiger partial charge < -0.3 is 9.64 Å². The van der Waals surface area contributed by atoms with Gasteiger partial charge in [-0.1, -0.05) is 54.6 Å². The average Bonchev–Trinajstić information content (AvgIpc) is 3.73. The van der Waals surface area contributed by atoms with Crippen molar-refractivity contribution in [3.05, 3.63) is 113 Å². The lowest BCUT2D eigenvalue weighted by Gasteiger charge is -2.44. The smallest absolute Gasteiger partial charge is 0.330 e. The molecule has 1 aliphatic carbocycles. The van der Waals surface area contributed by atoms with Gasteiger partial charge in [0.2, 0.25) is 0 Å². The summed E-state index contributed by atoms with van der Waals surface area (Å²) in [6.45, 7) is 2.34. The number of esters is 1. The number of ether oxygens (including phenoxy) is 1. The van der Waals surface area contributed by atoms with E-state index in [0.29, 0.717) is 6.04 Å². The zero-order valence-electron chi connectivity index (χ0n) is 27.2. The van der Waals surface area contributed by atoms with Crippen molar-refractivity contribution in [3.63, 3.8) is 0 Å². The van der Waals surface area contributed by atoms with Crippen LogP contribution in [0.4, 0.5) is 5.69 Å². The lowest BCUT2D eigenvalue weighted by atomic mass is 9.26. The van der Waals surface area contributed by atoms with Crippen LogP contribution in [-0.2, 0) is 21.3 Å². The van der Waals surface area contributed by atoms with Gasteiger partial charge in [-0.3, -0.25) is 4.68 Å². The highest BCUT2D eigenvalue weighted by Crippen LogP contribution is 2.44. The van der Waals surface area contributed by atoms with Gasteiger partial charge in [0.15, 0.2) is 0 Å². The van der Waals surface area contributed by atoms with Gasteiger partial charge in [-0.05, 0) is 89.0 Å². The third kappa shape index (κ3) is 5.83. The Morgan fingerprint density at radius 2 is 1.61 bits per heavy atom. The maximum absolute atomic E-state index is 11.6. The first-order valence-electron chi connectivity index (χ1n) is 15.9. The van der Waals surface area contributed by atoms with E-state index in [-0.39, 0.29) is 22.5 Å². The molecule has 0 saturated heterocycles. The van der Waals surface area contributed by atoms with Crippen LogP contribution in [0.1, 0.15) is 59.5 Å². The molecular formula is C34H40B5N3O2. The molecule has 0 spiro atoms. The van der Waals surface area contributed by atoms with E-state index in [1.54, 1.807) is 6.08 Å². The first-order valence-corrected chi connectivity index (χ1v) is 15.9. The molecule has 1 aliphatic heterocycles. The van der Waals surface area contributed by atoms with Crippen molar-refractivity contribution in [1.29, 1.82) is 0 Å². The zero-order chi connectivity index (χ0) is 31.2. The molecule has 218 valence electrons. The summed E-state index contributed by atoms with van der Waals surface area (Å²) in [7, 11) is 12.7. The number of hydrogen-bond donors (Lipinski definition) is 0. The first-order chi connectivity index (χ1) is 21.0. The van der Waals surface area contributed by atoms with Crippen molar-refractivity contribution in [2.24, 2.45) is 0 Å². The average molecular weight is 577 g/mol. The standard InChI is InChI=1S/C34H40B5N3O2/c1-21-17-27-18-26(28-19-40-41(20-28)34(38,39)33(35,36)37)12-15-30(27)32(25-6-3-22(4-7-25)5-16-31(43)44-2)42(21)29-13-10-24(11-14-29)23-8-9-23/h3-7,10-16,18-21,23,32H,8-9,17,35-39H2,1-2H3/b16-5+/t21-,32?/m1/s1. The number of nitrogens with zero attached hydrogens (tertiary/aromatic N) is 3. The summed E-state index contributed by atoms with van der Waals surface area (Å²) < 4.78 is 6.89. The molecule has 2 atom stereocenters. The number of rotatable bonds is 8. The van der Waals surface area contributed by atoms with Gasteiger partial charge in [-0.2, -0.15) is 5.10 Å². The van der Waals surface area contributed by atoms with Crippen LogP contribution in [-0.4, -0.2) is 68.1 Å². The van der Waals surface area contributed by atoms with Gasteiger partial charge in [0.1, 0.15) is 15.7 Å². The molecule has 1 aromatic heterocycles. The molecule has 3 aromatic carbocycles. The fourth-order valence-electron chi connectivity index (χ4n) is 6.27. The van der Waals surface area contributed by atoms with Crippen LogP contribution in [0.3, 0.4) is 0 Å². The first kappa shape index (κ1) is 30.2. The number of hydrogen-bond acceptors (Lipinski definition) is 4. The van der Waals surface area contributed by atoms with E-state index in [1.165, 1.54) is 59.5 Å². The van der Waals surface area contributed by atoms with E-state index in [4.69, 9.17) is 9.84 Å². The molecule has 6 rings (SSSR count). The van der Waals surface area contributed by atoms with Crippen molar-refractivity contribution in [1.82, 2.24) is 9.78 Å². The molecule has 1 unspecified atom stereocenters. The van der Waals surface area contributed by atoms with E-state index in [1.807, 2.05) is 6.20 Å². The summed E-state index contributed by atoms with van der Waals surface area (Å²) in [6.07, 6.45) is 11.0. The summed E-state index contributed by atoms with van der Waals surface area (Å²) in [5.74, 6) is 0.384. The monoisotopic (exact) mass is 577 g/mol. The molecule has 0 amide bonds. The molecule has 5 nitrogen and oxygen atoms in total. The number of aromatic nitrogens is 2. The predicted octanol–water partition coefficient (Wildman–Crippen LogP) is 2.00. The Labute approximate surface area is 266 Å². The van der Waals surface area contributed by atoms with Crippen LogP contribution in [0.15, 0.2) is 85.2 Å². The number of carbonyl (C=O) groups is 1. The molecule has 1 saturated carbocycles. The molecule has 10 heteroatoms. The van der Waals surface area contributed by atoms with E-state index >= 15 is 0 Å². The Morgan fingerprint density at radius 1 is 0.932 bits per heavy atom. The van der Waals surface area contributed by atoms with Crippen LogP contribution in [0.25, 0.3) is 17.2 Å². The molecule has 2 aliphatic rings. The van der Waals surface area contributed by atoms with Crippen molar-refractivity contribution in [2.45, 2.75) is 54.6 Å². The van der Waals surface area contributed by atoms with Crippen LogP contribution in [0, 0.1) is 0 Å². The Balaban J connectivity index is 1.38. The van der Waals surface area contributed by atoms with Gasteiger partial charge in [-0.15, -0.1) is 5.11 Å². The molecular weight excluding hydrogens is 536 g/mol. The van der Waals surface area contributed by atoms with E-state index in [9.17, 15) is 4.79 Å². The molecule has 44 heavy (non-hydrogen) atoms. The molecule has 2 heterocycles. The minimum atomic E-state index is -0.353. The number of methoxy groups -OCH3 is 1. The highest BCUT2D eigenvalue weighted by atomic mass is 16.5. The number of fused-ring (bicyclic) bond motifs is 1. The van der Waals surface area contributed by atoms with Gasteiger partial charge in [0, 0.05) is 29.6 Å². The van der Waals surface area contributed by atoms with Crippen LogP contribution in [0.2, 0.25) is 5.11 Å². The lowest BCUT2D eigenvalue weighted by molar-refractivity contribution is -0.134. The summed E-state index contributed by atoms with van der Waals surface area (Å²) in [5, 5.41) is 4.76.